The molecule has 84 valence electrons. The van der Waals surface area contributed by atoms with Gasteiger partial charge in [-0.05, 0) is 23.8 Å². The highest BCUT2D eigenvalue weighted by atomic mass is 16.3. The van der Waals surface area contributed by atoms with Gasteiger partial charge in [-0.1, -0.05) is 0 Å². The summed E-state index contributed by atoms with van der Waals surface area (Å²) < 4.78 is 7.05. The smallest absolute Gasteiger partial charge is 0.224 e. The molecular weight excluding hydrogens is 204 g/mol. The summed E-state index contributed by atoms with van der Waals surface area (Å²) in [6.45, 7) is 0.443. The van der Waals surface area contributed by atoms with Gasteiger partial charge in [0, 0.05) is 19.4 Å². The molecule has 0 saturated heterocycles. The van der Waals surface area contributed by atoms with Gasteiger partial charge in [-0.15, -0.1) is 0 Å². The number of aryl methyl sites for hydroxylation is 1. The lowest BCUT2D eigenvalue weighted by Gasteiger charge is -2.01. The van der Waals surface area contributed by atoms with E-state index in [-0.39, 0.29) is 5.91 Å². The van der Waals surface area contributed by atoms with Gasteiger partial charge in [-0.2, -0.15) is 0 Å². The van der Waals surface area contributed by atoms with Crippen LogP contribution in [0.3, 0.4) is 0 Å². The molecule has 4 heteroatoms. The molecule has 0 fully saturated rings. The highest BCUT2D eigenvalue weighted by molar-refractivity contribution is 5.78. The number of carbonyl (C=O) groups excluding carboxylic acids is 1. The normalized spacial score (nSPS) is 10.3. The molecule has 0 spiro atoms. The van der Waals surface area contributed by atoms with Crippen molar-refractivity contribution in [2.75, 3.05) is 0 Å². The van der Waals surface area contributed by atoms with Crippen molar-refractivity contribution in [2.45, 2.75) is 13.0 Å². The van der Waals surface area contributed by atoms with E-state index in [1.165, 1.54) is 0 Å². The maximum absolute atomic E-state index is 11.6. The van der Waals surface area contributed by atoms with Gasteiger partial charge in [0.05, 0.1) is 19.2 Å². The van der Waals surface area contributed by atoms with E-state index in [1.54, 1.807) is 12.3 Å². The van der Waals surface area contributed by atoms with Crippen LogP contribution in [0.4, 0.5) is 0 Å². The fourth-order valence-corrected chi connectivity index (χ4v) is 1.51. The Hall–Kier alpha value is -1.97. The van der Waals surface area contributed by atoms with Gasteiger partial charge in [-0.25, -0.2) is 0 Å². The van der Waals surface area contributed by atoms with Crippen molar-refractivity contribution in [3.05, 3.63) is 48.2 Å². The van der Waals surface area contributed by atoms with Crippen LogP contribution in [0.1, 0.15) is 11.3 Å². The number of furan rings is 1. The second kappa shape index (κ2) is 4.70. The summed E-state index contributed by atoms with van der Waals surface area (Å²) in [6, 6.07) is 5.58. The Morgan fingerprint density at radius 3 is 3.00 bits per heavy atom. The number of hydrogen-bond acceptors (Lipinski definition) is 2. The lowest BCUT2D eigenvalue weighted by molar-refractivity contribution is -0.120. The van der Waals surface area contributed by atoms with Crippen LogP contribution in [-0.2, 0) is 24.8 Å². The lowest BCUT2D eigenvalue weighted by atomic mass is 10.2. The average Bonchev–Trinajstić information content (AvgIpc) is 2.87. The van der Waals surface area contributed by atoms with E-state index < -0.39 is 0 Å². The van der Waals surface area contributed by atoms with Gasteiger partial charge in [0.25, 0.3) is 0 Å². The van der Waals surface area contributed by atoms with Crippen LogP contribution in [0.15, 0.2) is 41.3 Å². The summed E-state index contributed by atoms with van der Waals surface area (Å²) in [5.74, 6) is 0.768. The molecule has 2 heterocycles. The Morgan fingerprint density at radius 2 is 2.38 bits per heavy atom. The van der Waals surface area contributed by atoms with E-state index in [2.05, 4.69) is 5.32 Å². The van der Waals surface area contributed by atoms with E-state index in [1.807, 2.05) is 36.1 Å². The number of aromatic nitrogens is 1. The zero-order valence-electron chi connectivity index (χ0n) is 9.14. The first kappa shape index (κ1) is 10.5. The summed E-state index contributed by atoms with van der Waals surface area (Å²) in [5, 5.41) is 2.80. The largest absolute Gasteiger partial charge is 0.467 e. The predicted octanol–water partition coefficient (Wildman–Crippen LogP) is 1.48. The van der Waals surface area contributed by atoms with Crippen molar-refractivity contribution in [3.63, 3.8) is 0 Å². The number of nitrogens with zero attached hydrogens (tertiary/aromatic N) is 1. The fraction of sp³-hybridized carbons (Fsp3) is 0.250. The highest BCUT2D eigenvalue weighted by Gasteiger charge is 2.04. The SMILES string of the molecule is Cn1ccc(CC(=O)NCc2ccco2)c1. The van der Waals surface area contributed by atoms with E-state index in [9.17, 15) is 4.79 Å². The van der Waals surface area contributed by atoms with Crippen molar-refractivity contribution in [2.24, 2.45) is 7.05 Å². The predicted molar refractivity (Wildman–Crippen MR) is 59.7 cm³/mol. The maximum atomic E-state index is 11.6. The standard InChI is InChI=1S/C12H14N2O2/c1-14-5-4-10(9-14)7-12(15)13-8-11-3-2-6-16-11/h2-6,9H,7-8H2,1H3,(H,13,15). The first-order chi connectivity index (χ1) is 7.74. The Labute approximate surface area is 93.9 Å². The quantitative estimate of drug-likeness (QED) is 0.844. The summed E-state index contributed by atoms with van der Waals surface area (Å²) in [5.41, 5.74) is 1.01. The minimum absolute atomic E-state index is 0.00241. The molecule has 0 saturated carbocycles. The van der Waals surface area contributed by atoms with E-state index in [0.29, 0.717) is 13.0 Å². The Balaban J connectivity index is 1.81. The minimum atomic E-state index is 0.00241. The van der Waals surface area contributed by atoms with Crippen molar-refractivity contribution in [3.8, 4) is 0 Å². The zero-order chi connectivity index (χ0) is 11.4. The van der Waals surface area contributed by atoms with Gasteiger partial charge < -0.3 is 14.3 Å². The van der Waals surface area contributed by atoms with Gasteiger partial charge in [0.1, 0.15) is 5.76 Å². The summed E-state index contributed by atoms with van der Waals surface area (Å²) in [6.07, 6.45) is 5.86. The first-order valence-electron chi connectivity index (χ1n) is 5.14. The van der Waals surface area contributed by atoms with Crippen LogP contribution in [0.2, 0.25) is 0 Å². The molecule has 0 radical (unpaired) electrons. The third kappa shape index (κ3) is 2.76. The number of rotatable bonds is 4. The molecular formula is C12H14N2O2. The summed E-state index contributed by atoms with van der Waals surface area (Å²) in [4.78, 5) is 11.6. The van der Waals surface area contributed by atoms with Crippen molar-refractivity contribution in [1.29, 1.82) is 0 Å². The summed E-state index contributed by atoms with van der Waals surface area (Å²) >= 11 is 0. The average molecular weight is 218 g/mol. The van der Waals surface area contributed by atoms with Gasteiger partial charge in [0.15, 0.2) is 0 Å². The molecule has 2 aromatic heterocycles. The van der Waals surface area contributed by atoms with Crippen LogP contribution >= 0.6 is 0 Å². The van der Waals surface area contributed by atoms with Crippen molar-refractivity contribution in [1.82, 2.24) is 9.88 Å². The van der Waals surface area contributed by atoms with Crippen LogP contribution in [0.25, 0.3) is 0 Å². The molecule has 0 aliphatic carbocycles. The number of amides is 1. The molecule has 4 nitrogen and oxygen atoms in total. The van der Waals surface area contributed by atoms with Crippen LogP contribution in [0.5, 0.6) is 0 Å². The second-order valence-corrected chi connectivity index (χ2v) is 3.72. The lowest BCUT2D eigenvalue weighted by Crippen LogP contribution is -2.24. The van der Waals surface area contributed by atoms with E-state index >= 15 is 0 Å². The molecule has 0 aliphatic heterocycles. The number of carbonyl (C=O) groups is 1. The second-order valence-electron chi connectivity index (χ2n) is 3.72. The zero-order valence-corrected chi connectivity index (χ0v) is 9.14. The van der Waals surface area contributed by atoms with Crippen LogP contribution in [0, 0.1) is 0 Å². The molecule has 2 aromatic rings. The molecule has 0 bridgehead atoms. The summed E-state index contributed by atoms with van der Waals surface area (Å²) in [7, 11) is 1.93. The monoisotopic (exact) mass is 218 g/mol. The van der Waals surface area contributed by atoms with Crippen molar-refractivity contribution >= 4 is 5.91 Å². The first-order valence-corrected chi connectivity index (χ1v) is 5.14. The Kier molecular flexibility index (Phi) is 3.10. The number of hydrogen-bond donors (Lipinski definition) is 1. The van der Waals surface area contributed by atoms with Crippen molar-refractivity contribution < 1.29 is 9.21 Å². The third-order valence-electron chi connectivity index (χ3n) is 2.30. The molecule has 1 N–H and O–H groups in total. The van der Waals surface area contributed by atoms with Gasteiger partial charge in [-0.3, -0.25) is 4.79 Å². The topological polar surface area (TPSA) is 47.2 Å². The highest BCUT2D eigenvalue weighted by Crippen LogP contribution is 2.02. The van der Waals surface area contributed by atoms with Crippen LogP contribution in [-0.4, -0.2) is 10.5 Å². The fourth-order valence-electron chi connectivity index (χ4n) is 1.51. The Morgan fingerprint density at radius 1 is 1.50 bits per heavy atom. The molecule has 0 aliphatic rings. The molecule has 1 amide bonds. The molecule has 0 atom stereocenters. The minimum Gasteiger partial charge on any atom is -0.467 e. The van der Waals surface area contributed by atoms with E-state index in [4.69, 9.17) is 4.42 Å². The maximum Gasteiger partial charge on any atom is 0.224 e. The van der Waals surface area contributed by atoms with E-state index in [0.717, 1.165) is 11.3 Å². The molecule has 0 unspecified atom stereocenters. The molecule has 0 aromatic carbocycles. The van der Waals surface area contributed by atoms with Gasteiger partial charge >= 0.3 is 0 Å². The third-order valence-corrected chi connectivity index (χ3v) is 2.30. The Bertz CT molecular complexity index is 457. The number of nitrogens with one attached hydrogen (secondary N) is 1. The van der Waals surface area contributed by atoms with Gasteiger partial charge in [0.2, 0.25) is 5.91 Å². The van der Waals surface area contributed by atoms with Crippen LogP contribution < -0.4 is 5.32 Å². The molecule has 16 heavy (non-hydrogen) atoms. The molecule has 2 rings (SSSR count).